The van der Waals surface area contributed by atoms with Gasteiger partial charge < -0.3 is 80.4 Å². The van der Waals surface area contributed by atoms with E-state index in [1.54, 1.807) is 47.3 Å². The fraction of sp³-hybridized carbons (Fsp3) is 0.417. The first kappa shape index (κ1) is 106. The summed E-state index contributed by atoms with van der Waals surface area (Å²) in [5, 5.41) is 8.02. The summed E-state index contributed by atoms with van der Waals surface area (Å²) < 4.78 is 210. The minimum absolute atomic E-state index is 0.00443. The van der Waals surface area contributed by atoms with E-state index in [0.29, 0.717) is 0 Å². The van der Waals surface area contributed by atoms with Crippen molar-refractivity contribution in [2.45, 2.75) is 174 Å². The molecule has 0 amide bonds. The van der Waals surface area contributed by atoms with Crippen LogP contribution in [0.15, 0.2) is 202 Å². The lowest BCUT2D eigenvalue weighted by molar-refractivity contribution is -0.910. The summed E-state index contributed by atoms with van der Waals surface area (Å²) in [6, 6.07) is 60.4. The lowest BCUT2D eigenvalue weighted by atomic mass is 9.76. The average molecular weight is 1950 g/mol. The van der Waals surface area contributed by atoms with Gasteiger partial charge in [-0.15, -0.1) is 0 Å². The monoisotopic (exact) mass is 1950 g/mol. The highest BCUT2D eigenvalue weighted by molar-refractivity contribution is 7.86. The minimum atomic E-state index is -5.30. The summed E-state index contributed by atoms with van der Waals surface area (Å²) in [6.45, 7) is 43.8. The number of ether oxygens (including phenoxy) is 9. The Morgan fingerprint density at radius 3 is 0.679 bits per heavy atom. The zero-order valence-corrected chi connectivity index (χ0v) is 84.8. The first-order chi connectivity index (χ1) is 64.2. The topological polar surface area (TPSA) is 330 Å². The van der Waals surface area contributed by atoms with Crippen molar-refractivity contribution in [1.82, 2.24) is 0 Å². The molecule has 0 aromatic heterocycles. The van der Waals surface area contributed by atoms with Gasteiger partial charge in [0.2, 0.25) is 0 Å². The highest BCUT2D eigenvalue weighted by Crippen LogP contribution is 2.53. The quantitative estimate of drug-likeness (QED) is 0.0157. The molecule has 31 heteroatoms. The van der Waals surface area contributed by atoms with Crippen molar-refractivity contribution in [3.63, 3.8) is 0 Å². The summed E-state index contributed by atoms with van der Waals surface area (Å²) in [6.07, 6.45) is -2.01. The van der Waals surface area contributed by atoms with Crippen LogP contribution in [-0.2, 0) is 117 Å². The van der Waals surface area contributed by atoms with Gasteiger partial charge in [0.25, 0.3) is 0 Å². The van der Waals surface area contributed by atoms with E-state index in [1.807, 2.05) is 0 Å². The van der Waals surface area contributed by atoms with Crippen molar-refractivity contribution in [3.8, 4) is 34.5 Å². The molecule has 134 heavy (non-hydrogen) atoms. The number of benzene rings is 10. The third-order valence-corrected chi connectivity index (χ3v) is 33.1. The maximum Gasteiger partial charge on any atom is 0.139 e. The van der Waals surface area contributed by atoms with Gasteiger partial charge in [-0.25, -0.2) is 33.7 Å². The van der Waals surface area contributed by atoms with Crippen molar-refractivity contribution < 1.29 is 114 Å². The summed E-state index contributed by atoms with van der Waals surface area (Å²) in [7, 11) is -23.1. The van der Waals surface area contributed by atoms with Crippen molar-refractivity contribution in [3.05, 3.63) is 260 Å². The predicted molar refractivity (Wildman–Crippen MR) is 522 cm³/mol. The van der Waals surface area contributed by atoms with Gasteiger partial charge in [0.1, 0.15) is 128 Å². The van der Waals surface area contributed by atoms with Gasteiger partial charge in [0, 0.05) is 146 Å². The highest BCUT2D eigenvalue weighted by Gasteiger charge is 2.40. The molecule has 10 aromatic carbocycles. The van der Waals surface area contributed by atoms with E-state index in [-0.39, 0.29) is 152 Å². The Balaban J connectivity index is 0.000000258. The normalized spacial score (nSPS) is 13.3. The molecule has 12 rings (SSSR count). The first-order valence-corrected chi connectivity index (χ1v) is 55.0. The average Bonchev–Trinajstić information content (AvgIpc) is 0.719. The van der Waals surface area contributed by atoms with Gasteiger partial charge in [-0.3, -0.25) is 0 Å². The maximum atomic E-state index is 12.9. The molecule has 0 radical (unpaired) electrons. The lowest BCUT2D eigenvalue weighted by Crippen LogP contribution is -3.10. The number of rotatable bonds is 46. The van der Waals surface area contributed by atoms with E-state index in [4.69, 9.17) is 42.6 Å². The largest absolute Gasteiger partial charge is 0.744 e. The second-order valence-electron chi connectivity index (χ2n) is 33.9. The van der Waals surface area contributed by atoms with Crippen LogP contribution >= 0.6 is 15.8 Å². The molecule has 0 fully saturated rings. The molecule has 0 spiro atoms. The Morgan fingerprint density at radius 2 is 0.500 bits per heavy atom. The fourth-order valence-corrected chi connectivity index (χ4v) is 24.4. The number of hydrogen-bond acceptors (Lipinski definition) is 21. The molecule has 1 heterocycles. The van der Waals surface area contributed by atoms with Gasteiger partial charge in [0.05, 0.1) is 98.4 Å². The Kier molecular flexibility index (Phi) is 38.8. The van der Waals surface area contributed by atoms with Gasteiger partial charge in [-0.2, -0.15) is 0 Å². The molecule has 724 valence electrons. The number of para-hydroxylation sites is 2. The predicted octanol–water partition coefficient (Wildman–Crippen LogP) is 8.97. The number of hydrogen-bond donors (Lipinski definition) is 4. The third-order valence-electron chi connectivity index (χ3n) is 24.9. The van der Waals surface area contributed by atoms with Crippen LogP contribution in [0.2, 0.25) is 0 Å². The Morgan fingerprint density at radius 1 is 0.299 bits per heavy atom. The molecule has 0 unspecified atom stereocenters. The number of nitrogens with one attached hydrogen (secondary N) is 4. The Hall–Kier alpha value is -8.62. The number of fused-ring (bicyclic) bond motifs is 10. The maximum absolute atomic E-state index is 12.9. The Labute approximate surface area is 796 Å². The van der Waals surface area contributed by atoms with Crippen molar-refractivity contribution in [2.75, 3.05) is 132 Å². The zero-order valence-electron chi connectivity index (χ0n) is 79.7. The van der Waals surface area contributed by atoms with E-state index in [2.05, 4.69) is 203 Å². The molecule has 10 aromatic rings. The summed E-state index contributed by atoms with van der Waals surface area (Å²) in [4.78, 5) is 3.28. The van der Waals surface area contributed by atoms with Crippen LogP contribution in [0.1, 0.15) is 175 Å². The lowest BCUT2D eigenvalue weighted by Gasteiger charge is -2.38. The molecule has 1 aliphatic carbocycles. The van der Waals surface area contributed by atoms with Gasteiger partial charge in [-0.1, -0.05) is 147 Å². The van der Waals surface area contributed by atoms with Crippen LogP contribution in [0, 0.1) is 0 Å². The fourth-order valence-electron chi connectivity index (χ4n) is 17.4. The summed E-state index contributed by atoms with van der Waals surface area (Å²) in [5.41, 5.74) is 7.35. The number of quaternary nitrogens is 4. The second kappa shape index (κ2) is 49.1. The molecular formula is C103H132N4O21P2S4. The summed E-state index contributed by atoms with van der Waals surface area (Å²) >= 11 is 0. The highest BCUT2D eigenvalue weighted by atomic mass is 32.2. The van der Waals surface area contributed by atoms with Crippen LogP contribution in [0.4, 0.5) is 0 Å². The Bertz CT molecular complexity index is 5290. The van der Waals surface area contributed by atoms with E-state index >= 15 is 0 Å². The zero-order chi connectivity index (χ0) is 96.7. The van der Waals surface area contributed by atoms with Gasteiger partial charge in [0.15, 0.2) is 0 Å². The minimum Gasteiger partial charge on any atom is -0.744 e. The molecular weight excluding hydrogens is 1820 g/mol. The molecule has 0 saturated carbocycles. The van der Waals surface area contributed by atoms with Gasteiger partial charge in [-0.05, 0) is 169 Å². The SMILES string of the molecule is CCOCCOc1c2cc(S(=O)(=O)[O-])cc1Cc1cc(S(=O)(=O)[O-])cc(c1OCCOCC)Cc1cc(S(=O)(=O)[O-])cc(c1OCCOCC)Cc1cc(S(=O)(=O)[O-])cc(c1OCCOCC)C2.CC[NH+](CC)Cc1ccc(P(c2ccc(C[NH+](CC)CC)cc2)c2cccc3c2Oc2c(P(c4ccc(C[NH+](CC)CC)cc4)c4ccc(C[NH+](CC)CC)cc4)cccc2C3(C)C)cc1. The van der Waals surface area contributed by atoms with Crippen LogP contribution in [0.5, 0.6) is 34.5 Å². The molecule has 25 nitrogen and oxygen atoms in total. The second-order valence-corrected chi connectivity index (χ2v) is 43.8. The van der Waals surface area contributed by atoms with Crippen LogP contribution < -0.4 is 75.1 Å². The smallest absolute Gasteiger partial charge is 0.139 e. The first-order valence-electron chi connectivity index (χ1n) is 46.7. The van der Waals surface area contributed by atoms with Crippen molar-refractivity contribution in [2.24, 2.45) is 0 Å². The van der Waals surface area contributed by atoms with Gasteiger partial charge >= 0.3 is 0 Å². The molecule has 4 N–H and O–H groups in total. The van der Waals surface area contributed by atoms with E-state index in [9.17, 15) is 51.9 Å². The van der Waals surface area contributed by atoms with Crippen molar-refractivity contribution >= 4 is 88.1 Å². The summed E-state index contributed by atoms with van der Waals surface area (Å²) in [5.74, 6) is 1.79. The van der Waals surface area contributed by atoms with E-state index < -0.39 is 102 Å². The molecule has 1 aliphatic heterocycles. The molecule has 8 bridgehead atoms. The molecule has 2 aliphatic rings. The third kappa shape index (κ3) is 27.5. The molecule has 0 atom stereocenters. The standard InChI is InChI=1S/C59H76N4OP2.C44H56O20S4/c1-11-60(12-2)41-45-25-33-49(34-26-45)65(50-35-27-46(28-36-50)42-61(13-3)14-4)55-23-19-21-53-57(55)64-58-54(59(53,9)10)22-20-24-56(58)66(51-37-29-47(30-38-51)43-62(15-5)16-6)52-39-31-48(32-40-52)44-63(17-7)18-8;1-5-57-9-13-61-41-29-17-31-23-38(66(48,49)50)25-33(42(31)62-14-10-58-6-2)19-35-27-40(68(54,55)56)28-36(44(35)64-16-12-60-8-4)20-34-26-39(67(51,52)53)24-32(43(34)63-15-11-59-7-3)18-30(41)22-37(21-29)65(45,46)47/h19-40H,11-18,41-44H2,1-10H3;21-28H,5-20H2,1-4H3,(H,45,46,47)(H,48,49,50)(H,51,52,53)(H,54,55,56). The van der Waals surface area contributed by atoms with E-state index in [0.717, 1.165) is 139 Å². The van der Waals surface area contributed by atoms with Crippen LogP contribution in [0.25, 0.3) is 0 Å². The van der Waals surface area contributed by atoms with Crippen molar-refractivity contribution in [1.29, 1.82) is 0 Å². The van der Waals surface area contributed by atoms with Crippen LogP contribution in [-0.4, -0.2) is 184 Å². The molecule has 0 saturated heterocycles. The van der Waals surface area contributed by atoms with E-state index in [1.165, 1.54) is 65.2 Å². The van der Waals surface area contributed by atoms with Crippen LogP contribution in [0.3, 0.4) is 0 Å².